The highest BCUT2D eigenvalue weighted by molar-refractivity contribution is 5.89. The summed E-state index contributed by atoms with van der Waals surface area (Å²) in [6.45, 7) is 4.20. The number of pyridine rings is 1. The fraction of sp³-hybridized carbons (Fsp3) is 0.375. The number of hydrogen-bond acceptors (Lipinski definition) is 4. The van der Waals surface area contributed by atoms with Crippen LogP contribution in [0.15, 0.2) is 30.6 Å². The van der Waals surface area contributed by atoms with E-state index in [1.807, 2.05) is 19.1 Å². The van der Waals surface area contributed by atoms with E-state index in [-0.39, 0.29) is 12.6 Å². The number of urea groups is 1. The molecule has 3 heterocycles. The van der Waals surface area contributed by atoms with Crippen molar-refractivity contribution >= 4 is 17.8 Å². The van der Waals surface area contributed by atoms with Crippen molar-refractivity contribution in [2.24, 2.45) is 5.41 Å². The number of carbonyl (C=O) groups excluding carboxylic acids is 1. The summed E-state index contributed by atoms with van der Waals surface area (Å²) in [6.07, 6.45) is 3.69. The molecule has 2 aromatic heterocycles. The van der Waals surface area contributed by atoms with Crippen molar-refractivity contribution in [2.75, 3.05) is 18.4 Å². The van der Waals surface area contributed by atoms with Crippen molar-refractivity contribution in [3.63, 3.8) is 0 Å². The Hall–Kier alpha value is -2.90. The van der Waals surface area contributed by atoms with Crippen molar-refractivity contribution < 1.29 is 14.7 Å². The number of aliphatic carboxylic acids is 1. The van der Waals surface area contributed by atoms with Crippen LogP contribution in [-0.4, -0.2) is 49.9 Å². The Kier molecular flexibility index (Phi) is 3.96. The monoisotopic (exact) mass is 329 g/mol. The van der Waals surface area contributed by atoms with Crippen LogP contribution in [0.5, 0.6) is 0 Å². The van der Waals surface area contributed by atoms with Gasteiger partial charge in [0, 0.05) is 25.4 Å². The number of carboxylic acids is 1. The molecule has 8 heteroatoms. The molecule has 0 aliphatic carbocycles. The predicted molar refractivity (Wildman–Crippen MR) is 87.0 cm³/mol. The van der Waals surface area contributed by atoms with Crippen molar-refractivity contribution in [1.29, 1.82) is 0 Å². The molecule has 8 nitrogen and oxygen atoms in total. The van der Waals surface area contributed by atoms with Gasteiger partial charge in [0.15, 0.2) is 5.82 Å². The van der Waals surface area contributed by atoms with Crippen LogP contribution in [0.2, 0.25) is 0 Å². The molecule has 0 saturated carbocycles. The van der Waals surface area contributed by atoms with E-state index in [1.165, 1.54) is 9.58 Å². The van der Waals surface area contributed by atoms with E-state index in [2.05, 4.69) is 15.4 Å². The molecule has 1 unspecified atom stereocenters. The van der Waals surface area contributed by atoms with Crippen LogP contribution in [0, 0.1) is 12.3 Å². The number of rotatable bonds is 3. The maximum Gasteiger partial charge on any atom is 0.323 e. The van der Waals surface area contributed by atoms with Crippen molar-refractivity contribution in [2.45, 2.75) is 20.3 Å². The van der Waals surface area contributed by atoms with Gasteiger partial charge in [0.05, 0.1) is 11.6 Å². The van der Waals surface area contributed by atoms with Crippen molar-refractivity contribution in [3.8, 4) is 5.82 Å². The molecule has 2 N–H and O–H groups in total. The molecule has 0 aromatic carbocycles. The number of anilines is 1. The van der Waals surface area contributed by atoms with Gasteiger partial charge < -0.3 is 10.0 Å². The Morgan fingerprint density at radius 2 is 2.12 bits per heavy atom. The molecular weight excluding hydrogens is 310 g/mol. The number of nitrogens with one attached hydrogen (secondary N) is 1. The van der Waals surface area contributed by atoms with E-state index in [9.17, 15) is 14.7 Å². The van der Waals surface area contributed by atoms with Gasteiger partial charge in [0.1, 0.15) is 5.82 Å². The topological polar surface area (TPSA) is 100 Å². The molecule has 1 aliphatic rings. The van der Waals surface area contributed by atoms with Crippen LogP contribution in [0.4, 0.5) is 10.6 Å². The first-order valence-corrected chi connectivity index (χ1v) is 7.65. The van der Waals surface area contributed by atoms with Gasteiger partial charge in [0.25, 0.3) is 0 Å². The molecular formula is C16H19N5O3. The van der Waals surface area contributed by atoms with Crippen LogP contribution >= 0.6 is 0 Å². The van der Waals surface area contributed by atoms with E-state index in [4.69, 9.17) is 0 Å². The van der Waals surface area contributed by atoms with Crippen LogP contribution in [-0.2, 0) is 4.79 Å². The summed E-state index contributed by atoms with van der Waals surface area (Å²) in [5, 5.41) is 16.2. The maximum absolute atomic E-state index is 12.4. The molecule has 3 rings (SSSR count). The lowest BCUT2D eigenvalue weighted by molar-refractivity contribution is -0.146. The summed E-state index contributed by atoms with van der Waals surface area (Å²) in [6, 6.07) is 5.07. The molecule has 0 bridgehead atoms. The van der Waals surface area contributed by atoms with Gasteiger partial charge in [-0.15, -0.1) is 0 Å². The van der Waals surface area contributed by atoms with E-state index in [0.29, 0.717) is 24.6 Å². The molecule has 24 heavy (non-hydrogen) atoms. The van der Waals surface area contributed by atoms with Gasteiger partial charge in [-0.05, 0) is 38.0 Å². The Morgan fingerprint density at radius 1 is 1.33 bits per heavy atom. The molecule has 1 atom stereocenters. The Labute approximate surface area is 139 Å². The minimum atomic E-state index is -0.893. The molecule has 0 radical (unpaired) electrons. The zero-order valence-corrected chi connectivity index (χ0v) is 13.6. The van der Waals surface area contributed by atoms with Crippen molar-refractivity contribution in [1.82, 2.24) is 19.7 Å². The average Bonchev–Trinajstić information content (AvgIpc) is 3.15. The highest BCUT2D eigenvalue weighted by atomic mass is 16.4. The lowest BCUT2D eigenvalue weighted by Crippen LogP contribution is -2.37. The number of carboxylic acid groups (broad SMARTS) is 1. The molecule has 1 fully saturated rings. The summed E-state index contributed by atoms with van der Waals surface area (Å²) in [5.41, 5.74) is 0.139. The molecule has 2 amide bonds. The number of aryl methyl sites for hydroxylation is 1. The van der Waals surface area contributed by atoms with Gasteiger partial charge in [-0.2, -0.15) is 9.78 Å². The summed E-state index contributed by atoms with van der Waals surface area (Å²) in [4.78, 5) is 29.5. The van der Waals surface area contributed by atoms with Gasteiger partial charge in [-0.1, -0.05) is 0 Å². The molecule has 1 saturated heterocycles. The lowest BCUT2D eigenvalue weighted by Gasteiger charge is -2.20. The predicted octanol–water partition coefficient (Wildman–Crippen LogP) is 1.90. The SMILES string of the molecule is Cc1ccnc(-n2nccc2NC(=O)N2CCC(C)(C(=O)O)C2)c1. The van der Waals surface area contributed by atoms with Gasteiger partial charge in [0.2, 0.25) is 0 Å². The summed E-state index contributed by atoms with van der Waals surface area (Å²) in [5.74, 6) is 0.209. The number of aromatic nitrogens is 3. The third-order valence-corrected chi connectivity index (χ3v) is 4.27. The number of nitrogens with zero attached hydrogens (tertiary/aromatic N) is 4. The van der Waals surface area contributed by atoms with Crippen LogP contribution in [0.1, 0.15) is 18.9 Å². The highest BCUT2D eigenvalue weighted by Crippen LogP contribution is 2.30. The number of hydrogen-bond donors (Lipinski definition) is 2. The molecule has 0 spiro atoms. The highest BCUT2D eigenvalue weighted by Gasteiger charge is 2.42. The Balaban J connectivity index is 1.75. The fourth-order valence-corrected chi connectivity index (χ4v) is 2.71. The normalized spacial score (nSPS) is 20.2. The smallest absolute Gasteiger partial charge is 0.323 e. The molecule has 1 aliphatic heterocycles. The van der Waals surface area contributed by atoms with Gasteiger partial charge in [-0.3, -0.25) is 10.1 Å². The molecule has 126 valence electrons. The zero-order valence-electron chi connectivity index (χ0n) is 13.6. The maximum atomic E-state index is 12.4. The van der Waals surface area contributed by atoms with Gasteiger partial charge >= 0.3 is 12.0 Å². The van der Waals surface area contributed by atoms with Crippen LogP contribution in [0.25, 0.3) is 5.82 Å². The number of carbonyl (C=O) groups is 2. The molecule has 2 aromatic rings. The second kappa shape index (κ2) is 5.95. The first kappa shape index (κ1) is 16.0. The van der Waals surface area contributed by atoms with Crippen LogP contribution in [0.3, 0.4) is 0 Å². The van der Waals surface area contributed by atoms with E-state index < -0.39 is 11.4 Å². The second-order valence-corrected chi connectivity index (χ2v) is 6.29. The van der Waals surface area contributed by atoms with E-state index >= 15 is 0 Å². The third-order valence-electron chi connectivity index (χ3n) is 4.27. The lowest BCUT2D eigenvalue weighted by atomic mass is 9.90. The minimum absolute atomic E-state index is 0.186. The summed E-state index contributed by atoms with van der Waals surface area (Å²) in [7, 11) is 0. The second-order valence-electron chi connectivity index (χ2n) is 6.29. The summed E-state index contributed by atoms with van der Waals surface area (Å²) >= 11 is 0. The van der Waals surface area contributed by atoms with Gasteiger partial charge in [-0.25, -0.2) is 9.78 Å². The Morgan fingerprint density at radius 3 is 2.79 bits per heavy atom. The standard InChI is InChI=1S/C16H19N5O3/c1-11-3-6-17-13(9-11)21-12(4-7-18-21)19-15(24)20-8-5-16(2,10-20)14(22)23/h3-4,6-7,9H,5,8,10H2,1-2H3,(H,19,24)(H,22,23). The fourth-order valence-electron chi connectivity index (χ4n) is 2.71. The quantitative estimate of drug-likeness (QED) is 0.896. The Bertz CT molecular complexity index is 788. The minimum Gasteiger partial charge on any atom is -0.481 e. The third kappa shape index (κ3) is 2.94. The van der Waals surface area contributed by atoms with Crippen LogP contribution < -0.4 is 5.32 Å². The first-order valence-electron chi connectivity index (χ1n) is 7.65. The number of amides is 2. The average molecular weight is 329 g/mol. The van der Waals surface area contributed by atoms with E-state index in [0.717, 1.165) is 5.56 Å². The van der Waals surface area contributed by atoms with Crippen molar-refractivity contribution in [3.05, 3.63) is 36.2 Å². The first-order chi connectivity index (χ1) is 11.4. The van der Waals surface area contributed by atoms with E-state index in [1.54, 1.807) is 25.4 Å². The largest absolute Gasteiger partial charge is 0.481 e. The zero-order chi connectivity index (χ0) is 17.3. The summed E-state index contributed by atoms with van der Waals surface area (Å²) < 4.78 is 1.54. The number of likely N-dealkylation sites (tertiary alicyclic amines) is 1.